The van der Waals surface area contributed by atoms with Crippen LogP contribution in [0.4, 0.5) is 30.2 Å². The van der Waals surface area contributed by atoms with Crippen molar-refractivity contribution in [2.45, 2.75) is 57.2 Å². The summed E-state index contributed by atoms with van der Waals surface area (Å²) in [4.78, 5) is 20.1. The second kappa shape index (κ2) is 10.2. The standard InChI is InChI=1S/C28H32F3N5O4S/c29-28(30,31)17-24-33-25-21(2-1-3-22(25)36(24)19-5-6-19)32-26(38)20-7-4-18(34-41(39,40)15-14-37)16-23(20)35-12-10-27(8-9-27)11-13-35/h1-4,7,16,19,34,37H,5-6,8-15,17H2,(H,32,38). The van der Waals surface area contributed by atoms with Crippen molar-refractivity contribution in [3.63, 3.8) is 0 Å². The number of benzene rings is 2. The van der Waals surface area contributed by atoms with Gasteiger partial charge in [0.15, 0.2) is 0 Å². The quantitative estimate of drug-likeness (QED) is 0.328. The van der Waals surface area contributed by atoms with Crippen LogP contribution in [0.5, 0.6) is 0 Å². The summed E-state index contributed by atoms with van der Waals surface area (Å²) in [5, 5.41) is 12.0. The number of amides is 1. The number of halogens is 3. The Labute approximate surface area is 235 Å². The molecule has 1 saturated heterocycles. The van der Waals surface area contributed by atoms with Gasteiger partial charge >= 0.3 is 6.18 Å². The van der Waals surface area contributed by atoms with Crippen molar-refractivity contribution in [3.8, 4) is 0 Å². The van der Waals surface area contributed by atoms with Gasteiger partial charge in [0.05, 0.1) is 40.5 Å². The van der Waals surface area contributed by atoms with Crippen LogP contribution in [0, 0.1) is 5.41 Å². The van der Waals surface area contributed by atoms with E-state index in [1.54, 1.807) is 34.9 Å². The van der Waals surface area contributed by atoms with Crippen molar-refractivity contribution in [1.82, 2.24) is 9.55 Å². The lowest BCUT2D eigenvalue weighted by Gasteiger charge is -2.35. The van der Waals surface area contributed by atoms with Gasteiger partial charge in [-0.1, -0.05) is 6.07 Å². The molecule has 1 aromatic heterocycles. The normalized spacial score (nSPS) is 18.6. The Hall–Kier alpha value is -3.32. The van der Waals surface area contributed by atoms with E-state index in [9.17, 15) is 26.4 Å². The Bertz CT molecular complexity index is 1590. The third kappa shape index (κ3) is 6.01. The third-order valence-corrected chi connectivity index (χ3v) is 9.58. The first-order chi connectivity index (χ1) is 19.5. The number of carbonyl (C=O) groups is 1. The van der Waals surface area contributed by atoms with E-state index in [2.05, 4.69) is 19.9 Å². The molecule has 1 aliphatic heterocycles. The van der Waals surface area contributed by atoms with Crippen molar-refractivity contribution in [2.24, 2.45) is 5.41 Å². The molecular formula is C28H32F3N5O4S. The number of rotatable bonds is 9. The molecule has 3 N–H and O–H groups in total. The number of hydrogen-bond donors (Lipinski definition) is 3. The zero-order chi connectivity index (χ0) is 29.0. The van der Waals surface area contributed by atoms with Gasteiger partial charge in [-0.05, 0) is 74.3 Å². The van der Waals surface area contributed by atoms with Gasteiger partial charge in [0.1, 0.15) is 17.8 Å². The Balaban J connectivity index is 1.33. The van der Waals surface area contributed by atoms with E-state index < -0.39 is 40.9 Å². The fraction of sp³-hybridized carbons (Fsp3) is 0.500. The van der Waals surface area contributed by atoms with E-state index in [1.165, 1.54) is 18.9 Å². The first-order valence-electron chi connectivity index (χ1n) is 13.8. The number of imidazole rings is 1. The van der Waals surface area contributed by atoms with Gasteiger partial charge in [-0.3, -0.25) is 9.52 Å². The average molecular weight is 592 g/mol. The smallest absolute Gasteiger partial charge is 0.395 e. The van der Waals surface area contributed by atoms with E-state index in [-0.39, 0.29) is 17.6 Å². The minimum Gasteiger partial charge on any atom is -0.395 e. The number of para-hydroxylation sites is 1. The number of sulfonamides is 1. The molecule has 13 heteroatoms. The highest BCUT2D eigenvalue weighted by Gasteiger charge is 2.44. The molecule has 0 radical (unpaired) electrons. The van der Waals surface area contributed by atoms with Crippen molar-refractivity contribution in [2.75, 3.05) is 40.4 Å². The average Bonchev–Trinajstić information content (AvgIpc) is 3.83. The van der Waals surface area contributed by atoms with Gasteiger partial charge in [0, 0.05) is 19.1 Å². The second-order valence-corrected chi connectivity index (χ2v) is 13.3. The van der Waals surface area contributed by atoms with Crippen LogP contribution in [-0.4, -0.2) is 60.6 Å². The van der Waals surface area contributed by atoms with E-state index >= 15 is 0 Å². The molecule has 41 heavy (non-hydrogen) atoms. The minimum atomic E-state index is -4.42. The molecule has 2 aromatic carbocycles. The van der Waals surface area contributed by atoms with Crippen molar-refractivity contribution in [1.29, 1.82) is 0 Å². The summed E-state index contributed by atoms with van der Waals surface area (Å²) < 4.78 is 68.7. The van der Waals surface area contributed by atoms with E-state index in [0.717, 1.165) is 38.8 Å². The van der Waals surface area contributed by atoms with Gasteiger partial charge in [-0.25, -0.2) is 13.4 Å². The molecule has 2 heterocycles. The fourth-order valence-corrected chi connectivity index (χ4v) is 6.63. The van der Waals surface area contributed by atoms with Crippen LogP contribution in [0.25, 0.3) is 11.0 Å². The summed E-state index contributed by atoms with van der Waals surface area (Å²) in [7, 11) is -3.77. The van der Waals surface area contributed by atoms with Gasteiger partial charge in [0.2, 0.25) is 10.0 Å². The van der Waals surface area contributed by atoms with Crippen LogP contribution in [0.15, 0.2) is 36.4 Å². The van der Waals surface area contributed by atoms with Crippen LogP contribution in [0.1, 0.15) is 60.7 Å². The molecular weight excluding hydrogens is 559 g/mol. The number of carbonyl (C=O) groups excluding carboxylic acids is 1. The fourth-order valence-electron chi connectivity index (χ4n) is 5.80. The Kier molecular flexibility index (Phi) is 6.92. The molecule has 3 aromatic rings. The topological polar surface area (TPSA) is 117 Å². The summed E-state index contributed by atoms with van der Waals surface area (Å²) >= 11 is 0. The van der Waals surface area contributed by atoms with Gasteiger partial charge < -0.3 is 19.9 Å². The number of aliphatic hydroxyl groups is 1. The molecule has 1 amide bonds. The number of nitrogens with zero attached hydrogens (tertiary/aromatic N) is 3. The molecule has 9 nitrogen and oxygen atoms in total. The predicted octanol–water partition coefficient (Wildman–Crippen LogP) is 4.84. The summed E-state index contributed by atoms with van der Waals surface area (Å²) in [6.45, 7) is 0.911. The molecule has 0 atom stereocenters. The highest BCUT2D eigenvalue weighted by Crippen LogP contribution is 2.54. The molecule has 2 aliphatic carbocycles. The van der Waals surface area contributed by atoms with Crippen molar-refractivity contribution < 1.29 is 31.5 Å². The maximum Gasteiger partial charge on any atom is 0.396 e. The van der Waals surface area contributed by atoms with Crippen molar-refractivity contribution in [3.05, 3.63) is 47.8 Å². The number of fused-ring (bicyclic) bond motifs is 1. The second-order valence-electron chi connectivity index (χ2n) is 11.4. The lowest BCUT2D eigenvalue weighted by molar-refractivity contribution is -0.128. The SMILES string of the molecule is O=C(Nc1cccc2c1nc(CC(F)(F)F)n2C1CC1)c1ccc(NS(=O)(=O)CCO)cc1N1CCC2(CC1)CC2. The van der Waals surface area contributed by atoms with Gasteiger partial charge in [0.25, 0.3) is 5.91 Å². The molecule has 220 valence electrons. The highest BCUT2D eigenvalue weighted by atomic mass is 32.2. The zero-order valence-electron chi connectivity index (χ0n) is 22.4. The van der Waals surface area contributed by atoms with E-state index in [0.29, 0.717) is 33.4 Å². The number of alkyl halides is 3. The number of aliphatic hydroxyl groups excluding tert-OH is 1. The number of nitrogens with one attached hydrogen (secondary N) is 2. The van der Waals surface area contributed by atoms with Crippen LogP contribution in [0.3, 0.4) is 0 Å². The lowest BCUT2D eigenvalue weighted by atomic mass is 9.93. The van der Waals surface area contributed by atoms with Crippen LogP contribution in [0.2, 0.25) is 0 Å². The molecule has 2 saturated carbocycles. The Morgan fingerprint density at radius 1 is 1.10 bits per heavy atom. The number of hydrogen-bond acceptors (Lipinski definition) is 6. The molecule has 1 spiro atoms. The van der Waals surface area contributed by atoms with Crippen molar-refractivity contribution >= 4 is 44.0 Å². The summed E-state index contributed by atoms with van der Waals surface area (Å²) in [6, 6.07) is 9.65. The molecule has 3 fully saturated rings. The summed E-state index contributed by atoms with van der Waals surface area (Å²) in [5.74, 6) is -0.994. The van der Waals surface area contributed by atoms with E-state index in [1.807, 2.05) is 0 Å². The largest absolute Gasteiger partial charge is 0.396 e. The number of anilines is 3. The molecule has 3 aliphatic rings. The first kappa shape index (κ1) is 27.8. The maximum absolute atomic E-state index is 13.7. The number of piperidine rings is 1. The molecule has 0 bridgehead atoms. The lowest BCUT2D eigenvalue weighted by Crippen LogP contribution is -2.35. The Morgan fingerprint density at radius 3 is 2.46 bits per heavy atom. The van der Waals surface area contributed by atoms with Crippen LogP contribution in [-0.2, 0) is 16.4 Å². The van der Waals surface area contributed by atoms with Gasteiger partial charge in [-0.15, -0.1) is 0 Å². The Morgan fingerprint density at radius 2 is 1.83 bits per heavy atom. The maximum atomic E-state index is 13.7. The third-order valence-electron chi connectivity index (χ3n) is 8.31. The zero-order valence-corrected chi connectivity index (χ0v) is 23.2. The number of aromatic nitrogens is 2. The van der Waals surface area contributed by atoms with Gasteiger partial charge in [-0.2, -0.15) is 13.2 Å². The van der Waals surface area contributed by atoms with E-state index in [4.69, 9.17) is 5.11 Å². The molecule has 0 unspecified atom stereocenters. The highest BCUT2D eigenvalue weighted by molar-refractivity contribution is 7.92. The summed E-state index contributed by atoms with van der Waals surface area (Å²) in [5.41, 5.74) is 2.69. The first-order valence-corrected chi connectivity index (χ1v) is 15.5. The summed E-state index contributed by atoms with van der Waals surface area (Å²) in [6.07, 6.45) is 0.346. The molecule has 6 rings (SSSR count). The van der Waals surface area contributed by atoms with Crippen LogP contribution < -0.4 is 14.9 Å². The van der Waals surface area contributed by atoms with Crippen LogP contribution >= 0.6 is 0 Å². The minimum absolute atomic E-state index is 0.0362. The predicted molar refractivity (Wildman–Crippen MR) is 150 cm³/mol. The monoisotopic (exact) mass is 591 g/mol.